The number of benzene rings is 2. The first kappa shape index (κ1) is 18.3. The first-order valence-corrected chi connectivity index (χ1v) is 8.23. The van der Waals surface area contributed by atoms with Crippen molar-refractivity contribution in [3.05, 3.63) is 84.1 Å². The van der Waals surface area contributed by atoms with Gasteiger partial charge in [-0.3, -0.25) is 0 Å². The maximum Gasteiger partial charge on any atom is 0.134 e. The molecule has 0 aliphatic rings. The van der Waals surface area contributed by atoms with Gasteiger partial charge in [-0.15, -0.1) is 12.4 Å². The number of hydrogen-bond donors (Lipinski definition) is 1. The molecule has 24 heavy (non-hydrogen) atoms. The van der Waals surface area contributed by atoms with Gasteiger partial charge in [0.05, 0.1) is 6.54 Å². The minimum Gasteiger partial charge on any atom is -0.460 e. The molecule has 3 rings (SSSR count). The Labute approximate surface area is 150 Å². The largest absolute Gasteiger partial charge is 0.460 e. The van der Waals surface area contributed by atoms with Gasteiger partial charge in [0.2, 0.25) is 0 Å². The van der Waals surface area contributed by atoms with Gasteiger partial charge in [0.1, 0.15) is 11.5 Å². The van der Waals surface area contributed by atoms with Crippen LogP contribution in [0, 0.1) is 0 Å². The number of aryl methyl sites for hydroxylation is 1. The van der Waals surface area contributed by atoms with Crippen LogP contribution in [-0.4, -0.2) is 6.04 Å². The normalized spacial score (nSPS) is 11.7. The Bertz CT molecular complexity index is 709. The maximum absolute atomic E-state index is 5.92. The van der Waals surface area contributed by atoms with E-state index in [4.69, 9.17) is 4.42 Å². The Morgan fingerprint density at radius 2 is 1.54 bits per heavy atom. The predicted molar refractivity (Wildman–Crippen MR) is 102 cm³/mol. The van der Waals surface area contributed by atoms with Crippen molar-refractivity contribution < 1.29 is 4.42 Å². The fraction of sp³-hybridized carbons (Fsp3) is 0.238. The van der Waals surface area contributed by atoms with Gasteiger partial charge in [0.15, 0.2) is 0 Å². The van der Waals surface area contributed by atoms with E-state index in [0.717, 1.165) is 36.5 Å². The number of rotatable bonds is 7. The van der Waals surface area contributed by atoms with Crippen LogP contribution in [0.25, 0.3) is 11.3 Å². The average Bonchev–Trinajstić information content (AvgIpc) is 3.09. The van der Waals surface area contributed by atoms with Gasteiger partial charge in [0, 0.05) is 11.6 Å². The van der Waals surface area contributed by atoms with E-state index in [2.05, 4.69) is 60.8 Å². The summed E-state index contributed by atoms with van der Waals surface area (Å²) in [5.41, 5.74) is 2.52. The van der Waals surface area contributed by atoms with Crippen molar-refractivity contribution >= 4 is 12.4 Å². The molecule has 1 heterocycles. The van der Waals surface area contributed by atoms with Crippen LogP contribution in [0.2, 0.25) is 0 Å². The number of nitrogens with one attached hydrogen (secondary N) is 1. The third-order valence-corrected chi connectivity index (χ3v) is 4.05. The molecule has 1 N–H and O–H groups in total. The summed E-state index contributed by atoms with van der Waals surface area (Å²) in [5, 5.41) is 3.54. The zero-order chi connectivity index (χ0) is 15.9. The molecule has 0 amide bonds. The lowest BCUT2D eigenvalue weighted by molar-refractivity contribution is 0.449. The lowest BCUT2D eigenvalue weighted by atomic mass is 10.1. The minimum atomic E-state index is 0. The van der Waals surface area contributed by atoms with Crippen LogP contribution in [0.1, 0.15) is 24.7 Å². The summed E-state index contributed by atoms with van der Waals surface area (Å²) in [6.07, 6.45) is 2.22. The highest BCUT2D eigenvalue weighted by atomic mass is 35.5. The van der Waals surface area contributed by atoms with Gasteiger partial charge in [-0.2, -0.15) is 0 Å². The summed E-state index contributed by atoms with van der Waals surface area (Å²) in [5.74, 6) is 1.91. The summed E-state index contributed by atoms with van der Waals surface area (Å²) in [4.78, 5) is 0. The molecule has 2 aromatic carbocycles. The van der Waals surface area contributed by atoms with E-state index in [0.29, 0.717) is 6.04 Å². The van der Waals surface area contributed by atoms with Crippen LogP contribution in [0.15, 0.2) is 77.2 Å². The molecular formula is C21H24ClNO. The summed E-state index contributed by atoms with van der Waals surface area (Å²) in [6.45, 7) is 2.99. The Kier molecular flexibility index (Phi) is 7.10. The Morgan fingerprint density at radius 1 is 0.875 bits per heavy atom. The number of hydrogen-bond acceptors (Lipinski definition) is 2. The van der Waals surface area contributed by atoms with E-state index in [1.807, 2.05) is 24.3 Å². The van der Waals surface area contributed by atoms with Crippen LogP contribution in [0.4, 0.5) is 0 Å². The summed E-state index contributed by atoms with van der Waals surface area (Å²) >= 11 is 0. The van der Waals surface area contributed by atoms with E-state index in [1.54, 1.807) is 0 Å². The van der Waals surface area contributed by atoms with Crippen molar-refractivity contribution in [3.63, 3.8) is 0 Å². The van der Waals surface area contributed by atoms with Crippen LogP contribution >= 0.6 is 12.4 Å². The van der Waals surface area contributed by atoms with E-state index < -0.39 is 0 Å². The lowest BCUT2D eigenvalue weighted by Crippen LogP contribution is -2.25. The van der Waals surface area contributed by atoms with Gasteiger partial charge >= 0.3 is 0 Å². The van der Waals surface area contributed by atoms with Crippen molar-refractivity contribution in [1.82, 2.24) is 5.32 Å². The molecule has 3 aromatic rings. The van der Waals surface area contributed by atoms with Crippen LogP contribution < -0.4 is 5.32 Å². The zero-order valence-corrected chi connectivity index (χ0v) is 14.8. The topological polar surface area (TPSA) is 25.2 Å². The molecule has 0 bridgehead atoms. The second-order valence-electron chi connectivity index (χ2n) is 5.94. The molecule has 0 saturated heterocycles. The molecule has 2 nitrogen and oxygen atoms in total. The highest BCUT2D eigenvalue weighted by molar-refractivity contribution is 5.85. The van der Waals surface area contributed by atoms with E-state index in [1.165, 1.54) is 5.56 Å². The van der Waals surface area contributed by atoms with Crippen LogP contribution in [0.5, 0.6) is 0 Å². The van der Waals surface area contributed by atoms with Crippen LogP contribution in [0.3, 0.4) is 0 Å². The third-order valence-electron chi connectivity index (χ3n) is 4.05. The standard InChI is InChI=1S/C21H23NO.ClH/c1-17(12-13-18-8-4-2-5-9-18)22-16-20-14-15-21(23-20)19-10-6-3-7-11-19;/h2-11,14-15,17,22H,12-13,16H2,1H3;1H. The molecular weight excluding hydrogens is 318 g/mol. The fourth-order valence-corrected chi connectivity index (χ4v) is 2.64. The molecule has 0 aliphatic carbocycles. The molecule has 0 aliphatic heterocycles. The molecule has 0 spiro atoms. The van der Waals surface area contributed by atoms with Crippen LogP contribution in [-0.2, 0) is 13.0 Å². The fourth-order valence-electron chi connectivity index (χ4n) is 2.64. The van der Waals surface area contributed by atoms with Gasteiger partial charge in [-0.1, -0.05) is 60.7 Å². The highest BCUT2D eigenvalue weighted by Crippen LogP contribution is 2.21. The Hall–Kier alpha value is -2.03. The Balaban J connectivity index is 0.00000208. The predicted octanol–water partition coefficient (Wildman–Crippen LogP) is 5.48. The van der Waals surface area contributed by atoms with Gasteiger partial charge in [-0.25, -0.2) is 0 Å². The molecule has 0 fully saturated rings. The molecule has 126 valence electrons. The van der Waals surface area contributed by atoms with Gasteiger partial charge < -0.3 is 9.73 Å². The lowest BCUT2D eigenvalue weighted by Gasteiger charge is -2.12. The second kappa shape index (κ2) is 9.31. The van der Waals surface area contributed by atoms with Crippen molar-refractivity contribution in [2.24, 2.45) is 0 Å². The molecule has 1 unspecified atom stereocenters. The van der Waals surface area contributed by atoms with E-state index >= 15 is 0 Å². The van der Waals surface area contributed by atoms with E-state index in [9.17, 15) is 0 Å². The maximum atomic E-state index is 5.92. The number of halogens is 1. The summed E-state index contributed by atoms with van der Waals surface area (Å²) in [7, 11) is 0. The van der Waals surface area contributed by atoms with Crippen molar-refractivity contribution in [3.8, 4) is 11.3 Å². The first-order chi connectivity index (χ1) is 11.3. The molecule has 3 heteroatoms. The zero-order valence-electron chi connectivity index (χ0n) is 13.9. The smallest absolute Gasteiger partial charge is 0.134 e. The Morgan fingerprint density at radius 3 is 2.25 bits per heavy atom. The van der Waals surface area contributed by atoms with Crippen molar-refractivity contribution in [2.45, 2.75) is 32.4 Å². The SMILES string of the molecule is CC(CCc1ccccc1)NCc1ccc(-c2ccccc2)o1.Cl. The monoisotopic (exact) mass is 341 g/mol. The minimum absolute atomic E-state index is 0. The third kappa shape index (κ3) is 5.26. The molecule has 1 atom stereocenters. The van der Waals surface area contributed by atoms with Gasteiger partial charge in [0.25, 0.3) is 0 Å². The van der Waals surface area contributed by atoms with Crippen molar-refractivity contribution in [2.75, 3.05) is 0 Å². The van der Waals surface area contributed by atoms with E-state index in [-0.39, 0.29) is 12.4 Å². The van der Waals surface area contributed by atoms with Crippen molar-refractivity contribution in [1.29, 1.82) is 0 Å². The molecule has 0 saturated carbocycles. The second-order valence-corrected chi connectivity index (χ2v) is 5.94. The molecule has 0 radical (unpaired) electrons. The first-order valence-electron chi connectivity index (χ1n) is 8.23. The number of furan rings is 1. The molecule has 1 aromatic heterocycles. The summed E-state index contributed by atoms with van der Waals surface area (Å²) in [6, 6.07) is 25.4. The highest BCUT2D eigenvalue weighted by Gasteiger charge is 2.06. The quantitative estimate of drug-likeness (QED) is 0.615. The average molecular weight is 342 g/mol. The summed E-state index contributed by atoms with van der Waals surface area (Å²) < 4.78 is 5.92. The van der Waals surface area contributed by atoms with Gasteiger partial charge in [-0.05, 0) is 37.5 Å².